The zero-order chi connectivity index (χ0) is 45.4. The third-order valence-electron chi connectivity index (χ3n) is 18.8. The van der Waals surface area contributed by atoms with E-state index in [1.165, 1.54) is 14.2 Å². The van der Waals surface area contributed by atoms with E-state index in [9.17, 15) is 14.4 Å². The number of aromatic nitrogens is 2. The van der Waals surface area contributed by atoms with Gasteiger partial charge in [-0.1, -0.05) is 81.5 Å². The number of esters is 2. The summed E-state index contributed by atoms with van der Waals surface area (Å²) >= 11 is 0. The van der Waals surface area contributed by atoms with Crippen LogP contribution in [0, 0.1) is 56.7 Å². The van der Waals surface area contributed by atoms with Gasteiger partial charge in [0, 0.05) is 47.0 Å². The van der Waals surface area contributed by atoms with Crippen LogP contribution in [0.15, 0.2) is 85.2 Å². The summed E-state index contributed by atoms with van der Waals surface area (Å²) in [5.74, 6) is 0.00385. The fraction of sp³-hybridized carbons (Fsp3) is 0.556. The first kappa shape index (κ1) is 44.1. The second kappa shape index (κ2) is 16.1. The first-order valence-electron chi connectivity index (χ1n) is 23.8. The zero-order valence-electron chi connectivity index (χ0n) is 38.9. The molecule has 2 aromatic carbocycles. The summed E-state index contributed by atoms with van der Waals surface area (Å²) in [5.41, 5.74) is 3.35. The maximum atomic E-state index is 15.2. The molecule has 5 aliphatic carbocycles. The number of fused-ring (bicyclic) bond motifs is 9. The highest BCUT2D eigenvalue weighted by Crippen LogP contribution is 2.77. The summed E-state index contributed by atoms with van der Waals surface area (Å²) < 4.78 is 10.6. The molecule has 10 heteroatoms. The SMILES string of the molecule is C=C(C)[C@@H]1CC[C@]2(C(=O)N[C@@H](Cc3c[nH]c4ccccc34)C(=O)OC)CC[C@]3(C)[C@H](CC[C@@H]4[C@@]5(C)CC=C[C@@](C)(C(=O)N[C@@H](Cc6c[nH]c7ccccc67)C(=O)OC)[C@@H]5CC[C@]43C)[C@@H]12. The van der Waals surface area contributed by atoms with Crippen molar-refractivity contribution >= 4 is 45.6 Å². The molecule has 0 bridgehead atoms. The third-order valence-corrected chi connectivity index (χ3v) is 18.8. The summed E-state index contributed by atoms with van der Waals surface area (Å²) in [6, 6.07) is 14.4. The number of methoxy groups -OCH3 is 2. The Balaban J connectivity index is 0.979. The number of benzene rings is 2. The van der Waals surface area contributed by atoms with Crippen LogP contribution in [0.3, 0.4) is 0 Å². The van der Waals surface area contributed by atoms with Crippen molar-refractivity contribution in [1.82, 2.24) is 20.6 Å². The average Bonchev–Trinajstić information content (AvgIpc) is 4.01. The van der Waals surface area contributed by atoms with E-state index < -0.39 is 34.9 Å². The number of hydrogen-bond acceptors (Lipinski definition) is 6. The van der Waals surface area contributed by atoms with Gasteiger partial charge >= 0.3 is 11.9 Å². The molecule has 4 saturated carbocycles. The number of rotatable bonds is 11. The topological polar surface area (TPSA) is 142 Å². The van der Waals surface area contributed by atoms with E-state index in [0.29, 0.717) is 24.7 Å². The molecule has 5 aliphatic rings. The number of hydrogen-bond donors (Lipinski definition) is 4. The van der Waals surface area contributed by atoms with Gasteiger partial charge in [-0.05, 0) is 141 Å². The highest BCUT2D eigenvalue weighted by atomic mass is 16.5. The second-order valence-corrected chi connectivity index (χ2v) is 21.5. The van der Waals surface area contributed by atoms with Gasteiger partial charge in [-0.3, -0.25) is 9.59 Å². The predicted molar refractivity (Wildman–Crippen MR) is 250 cm³/mol. The number of carbonyl (C=O) groups excluding carboxylic acids is 4. The van der Waals surface area contributed by atoms with E-state index in [1.54, 1.807) is 0 Å². The monoisotopic (exact) mass is 869 g/mol. The van der Waals surface area contributed by atoms with Gasteiger partial charge in [-0.15, -0.1) is 0 Å². The molecule has 64 heavy (non-hydrogen) atoms. The molecule has 0 aliphatic heterocycles. The van der Waals surface area contributed by atoms with Crippen LogP contribution in [0.5, 0.6) is 0 Å². The van der Waals surface area contributed by atoms with Crippen molar-refractivity contribution in [2.75, 3.05) is 14.2 Å². The number of ether oxygens (including phenoxy) is 2. The first-order valence-corrected chi connectivity index (χ1v) is 23.8. The summed E-state index contributed by atoms with van der Waals surface area (Å²) in [4.78, 5) is 63.4. The lowest BCUT2D eigenvalue weighted by molar-refractivity contribution is -0.226. The van der Waals surface area contributed by atoms with Crippen LogP contribution >= 0.6 is 0 Å². The molecule has 12 atom stereocenters. The molecule has 2 aromatic heterocycles. The standard InChI is InChI=1S/C54H68N4O6/c1-32(2)35-20-25-54(49(62)58-42(47(60)64-8)29-34-31-56-40-17-12-10-15-37(34)40)27-26-52(5)38(45(35)54)18-19-44-50(3)22-13-23-51(4,43(50)21-24-53(44,52)6)48(61)57-41(46(59)63-7)28-33-30-55-39-16-11-9-14-36(33)39/h9-17,23,30-31,35,38,41-45,55-56H,1,18-22,24-29H2,2-8H3,(H,57,61)(H,58,62)/t35-,38+,41-,42-,43+,44+,45+,50-,51+,52+,53+,54-/m0/s1. The van der Waals surface area contributed by atoms with Gasteiger partial charge in [0.15, 0.2) is 0 Å². The minimum Gasteiger partial charge on any atom is -0.467 e. The van der Waals surface area contributed by atoms with E-state index in [4.69, 9.17) is 9.47 Å². The summed E-state index contributed by atoms with van der Waals surface area (Å²) in [6.45, 7) is 16.3. The Bertz CT molecular complexity index is 2540. The lowest BCUT2D eigenvalue weighted by Crippen LogP contribution is -2.67. The minimum absolute atomic E-state index is 0.0179. The molecule has 4 aromatic rings. The number of H-pyrrole nitrogens is 2. The third kappa shape index (κ3) is 6.61. The van der Waals surface area contributed by atoms with Crippen LogP contribution in [-0.4, -0.2) is 60.0 Å². The number of carbonyl (C=O) groups is 4. The van der Waals surface area contributed by atoms with Crippen LogP contribution in [0.25, 0.3) is 21.8 Å². The van der Waals surface area contributed by atoms with Gasteiger partial charge in [0.05, 0.1) is 25.0 Å². The molecule has 0 spiro atoms. The van der Waals surface area contributed by atoms with Crippen molar-refractivity contribution in [3.8, 4) is 0 Å². The maximum Gasteiger partial charge on any atom is 0.328 e. The number of nitrogens with one attached hydrogen (secondary N) is 4. The van der Waals surface area contributed by atoms with Gasteiger partial charge in [-0.2, -0.15) is 0 Å². The molecule has 0 saturated heterocycles. The molecule has 0 unspecified atom stereocenters. The Morgan fingerprint density at radius 1 is 0.719 bits per heavy atom. The number of para-hydroxylation sites is 2. The molecule has 340 valence electrons. The second-order valence-electron chi connectivity index (χ2n) is 21.5. The van der Waals surface area contributed by atoms with Crippen LogP contribution < -0.4 is 10.6 Å². The quantitative estimate of drug-likeness (QED) is 0.0874. The predicted octanol–water partition coefficient (Wildman–Crippen LogP) is 9.55. The van der Waals surface area contributed by atoms with Crippen molar-refractivity contribution in [2.45, 2.75) is 117 Å². The number of allylic oxidation sites excluding steroid dienone is 2. The van der Waals surface area contributed by atoms with Gasteiger partial charge in [-0.25, -0.2) is 9.59 Å². The van der Waals surface area contributed by atoms with Crippen LogP contribution in [-0.2, 0) is 41.5 Å². The van der Waals surface area contributed by atoms with E-state index in [1.807, 2.05) is 60.9 Å². The number of aromatic amines is 2. The largest absolute Gasteiger partial charge is 0.467 e. The summed E-state index contributed by atoms with van der Waals surface area (Å²) in [6.07, 6.45) is 17.0. The summed E-state index contributed by atoms with van der Waals surface area (Å²) in [5, 5.41) is 8.58. The lowest BCUT2D eigenvalue weighted by Gasteiger charge is -2.72. The Kier molecular flexibility index (Phi) is 11.1. The minimum atomic E-state index is -0.831. The van der Waals surface area contributed by atoms with Crippen molar-refractivity contribution in [3.05, 3.63) is 96.4 Å². The molecule has 10 nitrogen and oxygen atoms in total. The van der Waals surface area contributed by atoms with E-state index >= 15 is 4.79 Å². The molecule has 0 radical (unpaired) electrons. The van der Waals surface area contributed by atoms with Crippen LogP contribution in [0.4, 0.5) is 0 Å². The Labute approximate surface area is 378 Å². The molecule has 2 heterocycles. The fourth-order valence-electron chi connectivity index (χ4n) is 15.4. The van der Waals surface area contributed by atoms with Gasteiger partial charge in [0.1, 0.15) is 12.1 Å². The highest BCUT2D eigenvalue weighted by Gasteiger charge is 2.72. The van der Waals surface area contributed by atoms with E-state index in [-0.39, 0.29) is 45.8 Å². The van der Waals surface area contributed by atoms with Crippen molar-refractivity contribution in [3.63, 3.8) is 0 Å². The van der Waals surface area contributed by atoms with Crippen LogP contribution in [0.2, 0.25) is 0 Å². The molecule has 4 fully saturated rings. The Morgan fingerprint density at radius 3 is 1.88 bits per heavy atom. The highest BCUT2D eigenvalue weighted by molar-refractivity contribution is 5.92. The average molecular weight is 869 g/mol. The van der Waals surface area contributed by atoms with E-state index in [2.05, 4.69) is 74.0 Å². The normalized spacial score (nSPS) is 35.0. The molecular formula is C54H68N4O6. The zero-order valence-corrected chi connectivity index (χ0v) is 38.9. The van der Waals surface area contributed by atoms with Gasteiger partial charge in [0.25, 0.3) is 0 Å². The van der Waals surface area contributed by atoms with Crippen molar-refractivity contribution < 1.29 is 28.7 Å². The van der Waals surface area contributed by atoms with Crippen LogP contribution in [0.1, 0.15) is 104 Å². The Morgan fingerprint density at radius 2 is 1.30 bits per heavy atom. The molecule has 9 rings (SSSR count). The fourth-order valence-corrected chi connectivity index (χ4v) is 15.4. The summed E-state index contributed by atoms with van der Waals surface area (Å²) in [7, 11) is 2.78. The maximum absolute atomic E-state index is 15.2. The Hall–Kier alpha value is -5.12. The van der Waals surface area contributed by atoms with Gasteiger partial charge < -0.3 is 30.1 Å². The van der Waals surface area contributed by atoms with E-state index in [0.717, 1.165) is 96.3 Å². The number of amides is 2. The van der Waals surface area contributed by atoms with Gasteiger partial charge in [0.2, 0.25) is 11.8 Å². The first-order chi connectivity index (χ1) is 30.5. The van der Waals surface area contributed by atoms with Crippen molar-refractivity contribution in [1.29, 1.82) is 0 Å². The van der Waals surface area contributed by atoms with Crippen molar-refractivity contribution in [2.24, 2.45) is 56.7 Å². The smallest absolute Gasteiger partial charge is 0.328 e. The molecule has 2 amide bonds. The molecular weight excluding hydrogens is 801 g/mol. The molecule has 4 N–H and O–H groups in total. The lowest BCUT2D eigenvalue weighted by atomic mass is 9.32.